The molecule has 0 bridgehead atoms. The number of carbonyl (C=O) groups excluding carboxylic acids is 2. The van der Waals surface area contributed by atoms with E-state index in [1.807, 2.05) is 90.1 Å². The smallest absolute Gasteiger partial charge is 0.408 e. The fourth-order valence-corrected chi connectivity index (χ4v) is 3.65. The van der Waals surface area contributed by atoms with Gasteiger partial charge in [-0.2, -0.15) is 0 Å². The van der Waals surface area contributed by atoms with Crippen molar-refractivity contribution < 1.29 is 19.1 Å². The second-order valence-corrected chi connectivity index (χ2v) is 10.3. The van der Waals surface area contributed by atoms with Crippen molar-refractivity contribution in [3.63, 3.8) is 0 Å². The number of ether oxygens (including phenoxy) is 2. The van der Waals surface area contributed by atoms with Crippen LogP contribution in [0.3, 0.4) is 0 Å². The van der Waals surface area contributed by atoms with E-state index in [4.69, 9.17) is 21.1 Å². The zero-order chi connectivity index (χ0) is 27.1. The average Bonchev–Trinajstić information content (AvgIpc) is 2.81. The third kappa shape index (κ3) is 8.16. The lowest BCUT2D eigenvalue weighted by Crippen LogP contribution is -2.44. The van der Waals surface area contributed by atoms with Crippen LogP contribution in [0.15, 0.2) is 61.7 Å². The molecular formula is C29H37ClN2O4. The molecule has 2 aromatic carbocycles. The molecule has 0 aliphatic heterocycles. The fourth-order valence-electron chi connectivity index (χ4n) is 3.50. The summed E-state index contributed by atoms with van der Waals surface area (Å²) in [5.74, 6) is -0.0293. The summed E-state index contributed by atoms with van der Waals surface area (Å²) in [6.07, 6.45) is -2.11. The SMILES string of the molecule is C=C(C)c1ccc(C(C)(C)NC(=O)OC(CCl)COC(=O)NC(C)(C)c2cccc(C(=C)C)c2)cc1. The highest BCUT2D eigenvalue weighted by molar-refractivity contribution is 6.18. The van der Waals surface area contributed by atoms with Crippen molar-refractivity contribution in [1.29, 1.82) is 0 Å². The Bertz CT molecular complexity index is 1110. The number of halogens is 1. The maximum atomic E-state index is 12.6. The Morgan fingerprint density at radius 2 is 1.42 bits per heavy atom. The van der Waals surface area contributed by atoms with E-state index in [-0.39, 0.29) is 12.5 Å². The van der Waals surface area contributed by atoms with E-state index in [9.17, 15) is 9.59 Å². The Morgan fingerprint density at radius 3 is 1.97 bits per heavy atom. The van der Waals surface area contributed by atoms with Crippen LogP contribution in [-0.4, -0.2) is 30.8 Å². The van der Waals surface area contributed by atoms with Crippen molar-refractivity contribution in [2.75, 3.05) is 12.5 Å². The molecule has 0 fully saturated rings. The van der Waals surface area contributed by atoms with Crippen molar-refractivity contribution in [3.8, 4) is 0 Å². The van der Waals surface area contributed by atoms with E-state index in [0.29, 0.717) is 0 Å². The number of amides is 2. The summed E-state index contributed by atoms with van der Waals surface area (Å²) in [5.41, 5.74) is 4.34. The number of rotatable bonds is 10. The van der Waals surface area contributed by atoms with Gasteiger partial charge in [-0.05, 0) is 69.9 Å². The lowest BCUT2D eigenvalue weighted by Gasteiger charge is -2.28. The summed E-state index contributed by atoms with van der Waals surface area (Å²) in [7, 11) is 0. The maximum absolute atomic E-state index is 12.6. The van der Waals surface area contributed by atoms with Gasteiger partial charge in [-0.3, -0.25) is 0 Å². The molecule has 0 saturated heterocycles. The van der Waals surface area contributed by atoms with Gasteiger partial charge in [0.15, 0.2) is 6.10 Å². The number of hydrogen-bond donors (Lipinski definition) is 2. The minimum Gasteiger partial charge on any atom is -0.446 e. The second-order valence-electron chi connectivity index (χ2n) is 10.00. The van der Waals surface area contributed by atoms with Crippen molar-refractivity contribution in [2.24, 2.45) is 0 Å². The zero-order valence-corrected chi connectivity index (χ0v) is 22.8. The minimum absolute atomic E-state index is 0.0293. The summed E-state index contributed by atoms with van der Waals surface area (Å²) < 4.78 is 10.7. The quantitative estimate of drug-likeness (QED) is 0.336. The van der Waals surface area contributed by atoms with Crippen molar-refractivity contribution in [2.45, 2.75) is 58.7 Å². The molecule has 7 heteroatoms. The van der Waals surface area contributed by atoms with E-state index >= 15 is 0 Å². The third-order valence-corrected chi connectivity index (χ3v) is 6.20. The molecule has 0 aromatic heterocycles. The normalized spacial score (nSPS) is 12.3. The Kier molecular flexibility index (Phi) is 9.77. The van der Waals surface area contributed by atoms with Crippen molar-refractivity contribution in [1.82, 2.24) is 10.6 Å². The average molecular weight is 513 g/mol. The van der Waals surface area contributed by atoms with Gasteiger partial charge < -0.3 is 20.1 Å². The predicted octanol–water partition coefficient (Wildman–Crippen LogP) is 6.98. The van der Waals surface area contributed by atoms with Gasteiger partial charge in [0.25, 0.3) is 0 Å². The highest BCUT2D eigenvalue weighted by Gasteiger charge is 2.27. The first kappa shape index (κ1) is 29.0. The molecule has 2 rings (SSSR count). The monoisotopic (exact) mass is 512 g/mol. The summed E-state index contributed by atoms with van der Waals surface area (Å²) in [6, 6.07) is 15.6. The molecular weight excluding hydrogens is 476 g/mol. The number of hydrogen-bond acceptors (Lipinski definition) is 4. The van der Waals surface area contributed by atoms with Crippen LogP contribution in [0.1, 0.15) is 63.8 Å². The lowest BCUT2D eigenvalue weighted by molar-refractivity contribution is 0.0483. The summed E-state index contributed by atoms with van der Waals surface area (Å²) in [5, 5.41) is 5.69. The van der Waals surface area contributed by atoms with Gasteiger partial charge in [-0.1, -0.05) is 66.8 Å². The van der Waals surface area contributed by atoms with E-state index in [0.717, 1.165) is 33.4 Å². The second kappa shape index (κ2) is 12.1. The van der Waals surface area contributed by atoms with Crippen LogP contribution in [0.4, 0.5) is 9.59 Å². The molecule has 0 saturated carbocycles. The third-order valence-electron chi connectivity index (χ3n) is 5.85. The molecule has 1 atom stereocenters. The number of alkyl carbamates (subject to hydrolysis) is 2. The molecule has 2 amide bonds. The van der Waals surface area contributed by atoms with Gasteiger partial charge in [0, 0.05) is 0 Å². The number of allylic oxidation sites excluding steroid dienone is 2. The van der Waals surface area contributed by atoms with Gasteiger partial charge in [-0.25, -0.2) is 9.59 Å². The number of alkyl halides is 1. The van der Waals surface area contributed by atoms with Crippen LogP contribution in [0.2, 0.25) is 0 Å². The molecule has 0 radical (unpaired) electrons. The highest BCUT2D eigenvalue weighted by atomic mass is 35.5. The Morgan fingerprint density at radius 1 is 0.861 bits per heavy atom. The molecule has 36 heavy (non-hydrogen) atoms. The van der Waals surface area contributed by atoms with Gasteiger partial charge in [-0.15, -0.1) is 11.6 Å². The maximum Gasteiger partial charge on any atom is 0.408 e. The number of nitrogens with one attached hydrogen (secondary N) is 2. The first-order valence-electron chi connectivity index (χ1n) is 11.8. The molecule has 2 aromatic rings. The Hall–Kier alpha value is -3.25. The van der Waals surface area contributed by atoms with Crippen LogP contribution >= 0.6 is 11.6 Å². The van der Waals surface area contributed by atoms with E-state index in [1.165, 1.54) is 0 Å². The predicted molar refractivity (Wildman–Crippen MR) is 147 cm³/mol. The molecule has 6 nitrogen and oxygen atoms in total. The summed E-state index contributed by atoms with van der Waals surface area (Å²) in [6.45, 7) is 19.1. The number of carbonyl (C=O) groups is 2. The number of benzene rings is 2. The van der Waals surface area contributed by atoms with Gasteiger partial charge in [0.1, 0.15) is 6.61 Å². The largest absolute Gasteiger partial charge is 0.446 e. The molecule has 2 N–H and O–H groups in total. The zero-order valence-electron chi connectivity index (χ0n) is 22.0. The van der Waals surface area contributed by atoms with Gasteiger partial charge >= 0.3 is 12.2 Å². The highest BCUT2D eigenvalue weighted by Crippen LogP contribution is 2.24. The van der Waals surface area contributed by atoms with Crippen LogP contribution in [0.25, 0.3) is 11.1 Å². The Balaban J connectivity index is 1.92. The van der Waals surface area contributed by atoms with Crippen molar-refractivity contribution >= 4 is 34.9 Å². The van der Waals surface area contributed by atoms with Crippen molar-refractivity contribution in [3.05, 3.63) is 83.9 Å². The molecule has 0 spiro atoms. The van der Waals surface area contributed by atoms with E-state index < -0.39 is 29.4 Å². The fraction of sp³-hybridized carbons (Fsp3) is 0.379. The first-order chi connectivity index (χ1) is 16.7. The van der Waals surface area contributed by atoms with Crippen LogP contribution in [0, 0.1) is 0 Å². The Labute approximate surface area is 219 Å². The van der Waals surface area contributed by atoms with E-state index in [1.54, 1.807) is 0 Å². The lowest BCUT2D eigenvalue weighted by atomic mass is 9.92. The summed E-state index contributed by atoms with van der Waals surface area (Å²) >= 11 is 5.97. The first-order valence-corrected chi connectivity index (χ1v) is 12.3. The topological polar surface area (TPSA) is 76.7 Å². The van der Waals surface area contributed by atoms with Gasteiger partial charge in [0.2, 0.25) is 0 Å². The van der Waals surface area contributed by atoms with Crippen LogP contribution < -0.4 is 10.6 Å². The van der Waals surface area contributed by atoms with Crippen LogP contribution in [0.5, 0.6) is 0 Å². The standard InChI is InChI=1S/C29H37ClN2O4/c1-19(2)21-12-14-23(15-13-21)28(5,6)32-27(34)36-25(17-30)18-35-26(33)31-29(7,8)24-11-9-10-22(16-24)20(3)4/h9-16,25H,1,3,17-18H2,2,4-8H3,(H,31,33)(H,32,34). The van der Waals surface area contributed by atoms with E-state index in [2.05, 4.69) is 23.8 Å². The molecule has 194 valence electrons. The molecule has 0 aliphatic rings. The minimum atomic E-state index is -0.811. The summed E-state index contributed by atoms with van der Waals surface area (Å²) in [4.78, 5) is 25.0. The van der Waals surface area contributed by atoms with Crippen LogP contribution in [-0.2, 0) is 20.6 Å². The van der Waals surface area contributed by atoms with Gasteiger partial charge in [0.05, 0.1) is 17.0 Å². The molecule has 0 heterocycles. The molecule has 1 unspecified atom stereocenters. The molecule has 0 aliphatic carbocycles.